The summed E-state index contributed by atoms with van der Waals surface area (Å²) in [5.41, 5.74) is -2.46. The van der Waals surface area contributed by atoms with Crippen LogP contribution in [0.1, 0.15) is 49.3 Å². The molecule has 0 aliphatic carbocycles. The first-order valence-electron chi connectivity index (χ1n) is 8.86. The first-order chi connectivity index (χ1) is 12.5. The molecule has 2 nitrogen and oxygen atoms in total. The van der Waals surface area contributed by atoms with Gasteiger partial charge in [-0.15, -0.1) is 0 Å². The molecule has 0 aromatic heterocycles. The van der Waals surface area contributed by atoms with Crippen molar-refractivity contribution < 1.29 is 35.2 Å². The van der Waals surface area contributed by atoms with E-state index in [0.29, 0.717) is 6.42 Å². The lowest BCUT2D eigenvalue weighted by Gasteiger charge is -2.25. The third-order valence-corrected chi connectivity index (χ3v) is 8.38. The molecule has 0 fully saturated rings. The van der Waals surface area contributed by atoms with Crippen molar-refractivity contribution in [3.05, 3.63) is 34.9 Å². The summed E-state index contributed by atoms with van der Waals surface area (Å²) in [6.45, 7) is 2.01. The average Bonchev–Trinajstić information content (AvgIpc) is 2.60. The van der Waals surface area contributed by atoms with E-state index in [4.69, 9.17) is 8.85 Å². The molecule has 0 N–H and O–H groups in total. The SMILES string of the molecule is CC[Si](CCCCCCc1cc(C(F)(F)F)cc(C(F)(F)F)c1)(OC)OC. The van der Waals surface area contributed by atoms with E-state index in [1.54, 1.807) is 14.2 Å². The van der Waals surface area contributed by atoms with Crippen LogP contribution >= 0.6 is 0 Å². The molecule has 0 aliphatic heterocycles. The molecule has 0 heterocycles. The molecule has 0 spiro atoms. The van der Waals surface area contributed by atoms with Crippen LogP contribution in [0.25, 0.3) is 0 Å². The Morgan fingerprint density at radius 3 is 1.67 bits per heavy atom. The second-order valence-electron chi connectivity index (χ2n) is 6.50. The molecule has 9 heteroatoms. The lowest BCUT2D eigenvalue weighted by Crippen LogP contribution is -2.38. The molecule has 0 radical (unpaired) electrons. The second kappa shape index (κ2) is 9.93. The van der Waals surface area contributed by atoms with E-state index in [0.717, 1.165) is 43.5 Å². The molecule has 0 aliphatic rings. The Kier molecular flexibility index (Phi) is 8.82. The summed E-state index contributed by atoms with van der Waals surface area (Å²) in [7, 11) is 1.11. The summed E-state index contributed by atoms with van der Waals surface area (Å²) in [5.74, 6) is 0. The van der Waals surface area contributed by atoms with E-state index < -0.39 is 32.0 Å². The number of unbranched alkanes of at least 4 members (excludes halogenated alkanes) is 3. The molecule has 0 saturated heterocycles. The average molecular weight is 416 g/mol. The molecule has 27 heavy (non-hydrogen) atoms. The molecule has 0 saturated carbocycles. The van der Waals surface area contributed by atoms with Crippen molar-refractivity contribution in [3.63, 3.8) is 0 Å². The fourth-order valence-corrected chi connectivity index (χ4v) is 5.29. The van der Waals surface area contributed by atoms with Crippen LogP contribution in [0.5, 0.6) is 0 Å². The van der Waals surface area contributed by atoms with Gasteiger partial charge in [0.2, 0.25) is 0 Å². The smallest absolute Gasteiger partial charge is 0.398 e. The molecule has 0 atom stereocenters. The van der Waals surface area contributed by atoms with E-state index in [-0.39, 0.29) is 18.1 Å². The lowest BCUT2D eigenvalue weighted by atomic mass is 10.00. The highest BCUT2D eigenvalue weighted by molar-refractivity contribution is 6.67. The quantitative estimate of drug-likeness (QED) is 0.244. The number of benzene rings is 1. The second-order valence-corrected chi connectivity index (χ2v) is 10.3. The first-order valence-corrected chi connectivity index (χ1v) is 11.1. The Labute approximate surface area is 157 Å². The molecule has 0 bridgehead atoms. The first kappa shape index (κ1) is 24.0. The fraction of sp³-hybridized carbons (Fsp3) is 0.667. The van der Waals surface area contributed by atoms with Crippen molar-refractivity contribution in [2.24, 2.45) is 0 Å². The standard InChI is InChI=1S/C18H26F6O2Si/c1-4-27(25-2,26-3)10-8-6-5-7-9-14-11-15(17(19,20)21)13-16(12-14)18(22,23)24/h11-13H,4-10H2,1-3H3. The van der Waals surface area contributed by atoms with Gasteiger partial charge in [0.1, 0.15) is 0 Å². The number of hydrogen-bond donors (Lipinski definition) is 0. The van der Waals surface area contributed by atoms with Gasteiger partial charge < -0.3 is 8.85 Å². The molecule has 0 amide bonds. The third-order valence-electron chi connectivity index (χ3n) is 4.70. The summed E-state index contributed by atoms with van der Waals surface area (Å²) < 4.78 is 88.1. The van der Waals surface area contributed by atoms with Crippen molar-refractivity contribution >= 4 is 8.56 Å². The molecule has 1 aromatic carbocycles. The monoisotopic (exact) mass is 416 g/mol. The van der Waals surface area contributed by atoms with Crippen molar-refractivity contribution in [2.45, 2.75) is 63.5 Å². The Morgan fingerprint density at radius 2 is 1.26 bits per heavy atom. The van der Waals surface area contributed by atoms with Crippen LogP contribution in [0.3, 0.4) is 0 Å². The largest absolute Gasteiger partial charge is 0.416 e. The van der Waals surface area contributed by atoms with Crippen molar-refractivity contribution in [3.8, 4) is 0 Å². The Morgan fingerprint density at radius 1 is 0.778 bits per heavy atom. The summed E-state index contributed by atoms with van der Waals surface area (Å²) in [6, 6.07) is 3.41. The maximum absolute atomic E-state index is 12.9. The van der Waals surface area contributed by atoms with E-state index in [9.17, 15) is 26.3 Å². The number of aryl methyl sites for hydroxylation is 1. The van der Waals surface area contributed by atoms with E-state index >= 15 is 0 Å². The van der Waals surface area contributed by atoms with E-state index in [1.807, 2.05) is 6.92 Å². The Hall–Kier alpha value is -1.06. The summed E-state index contributed by atoms with van der Waals surface area (Å²) >= 11 is 0. The molecular formula is C18H26F6O2Si. The number of hydrogen-bond acceptors (Lipinski definition) is 2. The van der Waals surface area contributed by atoms with Gasteiger partial charge in [-0.1, -0.05) is 26.2 Å². The number of alkyl halides is 6. The molecule has 0 unspecified atom stereocenters. The molecule has 1 aromatic rings. The van der Waals surface area contributed by atoms with Gasteiger partial charge in [0, 0.05) is 14.2 Å². The molecule has 156 valence electrons. The van der Waals surface area contributed by atoms with Gasteiger partial charge in [0.05, 0.1) is 11.1 Å². The summed E-state index contributed by atoms with van der Waals surface area (Å²) in [4.78, 5) is 0. The normalized spacial score (nSPS) is 13.2. The van der Waals surface area contributed by atoms with Crippen LogP contribution in [-0.4, -0.2) is 22.8 Å². The number of halogens is 6. The van der Waals surface area contributed by atoms with Gasteiger partial charge >= 0.3 is 20.9 Å². The highest BCUT2D eigenvalue weighted by Gasteiger charge is 2.36. The van der Waals surface area contributed by atoms with Crippen LogP contribution < -0.4 is 0 Å². The van der Waals surface area contributed by atoms with Crippen LogP contribution in [-0.2, 0) is 27.6 Å². The summed E-state index contributed by atoms with van der Waals surface area (Å²) in [6.07, 6.45) is -6.49. The van der Waals surface area contributed by atoms with Crippen LogP contribution in [0, 0.1) is 0 Å². The maximum atomic E-state index is 12.9. The van der Waals surface area contributed by atoms with Crippen molar-refractivity contribution in [1.29, 1.82) is 0 Å². The highest BCUT2D eigenvalue weighted by Crippen LogP contribution is 2.36. The Bertz CT molecular complexity index is 542. The van der Waals surface area contributed by atoms with Gasteiger partial charge in [-0.05, 0) is 48.7 Å². The van der Waals surface area contributed by atoms with Gasteiger partial charge in [-0.25, -0.2) is 0 Å². The van der Waals surface area contributed by atoms with Crippen LogP contribution in [0.15, 0.2) is 18.2 Å². The van der Waals surface area contributed by atoms with Gasteiger partial charge in [0.15, 0.2) is 0 Å². The zero-order valence-electron chi connectivity index (χ0n) is 15.8. The van der Waals surface area contributed by atoms with Gasteiger partial charge in [0.25, 0.3) is 0 Å². The topological polar surface area (TPSA) is 18.5 Å². The Balaban J connectivity index is 2.62. The van der Waals surface area contributed by atoms with Gasteiger partial charge in [-0.2, -0.15) is 26.3 Å². The summed E-state index contributed by atoms with van der Waals surface area (Å²) in [5, 5.41) is 0. The minimum absolute atomic E-state index is 0.0585. The van der Waals surface area contributed by atoms with Crippen molar-refractivity contribution in [2.75, 3.05) is 14.2 Å². The minimum Gasteiger partial charge on any atom is -0.398 e. The van der Waals surface area contributed by atoms with Crippen LogP contribution in [0.2, 0.25) is 12.1 Å². The maximum Gasteiger partial charge on any atom is 0.416 e. The van der Waals surface area contributed by atoms with Crippen LogP contribution in [0.4, 0.5) is 26.3 Å². The lowest BCUT2D eigenvalue weighted by molar-refractivity contribution is -0.143. The zero-order chi connectivity index (χ0) is 20.7. The van der Waals surface area contributed by atoms with Gasteiger partial charge in [-0.3, -0.25) is 0 Å². The molecular weight excluding hydrogens is 390 g/mol. The predicted octanol–water partition coefficient (Wildman–Crippen LogP) is 6.58. The van der Waals surface area contributed by atoms with E-state index in [1.165, 1.54) is 0 Å². The van der Waals surface area contributed by atoms with Crippen molar-refractivity contribution in [1.82, 2.24) is 0 Å². The zero-order valence-corrected chi connectivity index (χ0v) is 16.8. The molecule has 1 rings (SSSR count). The van der Waals surface area contributed by atoms with E-state index in [2.05, 4.69) is 0 Å². The third kappa shape index (κ3) is 7.46. The highest BCUT2D eigenvalue weighted by atomic mass is 28.4. The predicted molar refractivity (Wildman–Crippen MR) is 93.7 cm³/mol. The fourth-order valence-electron chi connectivity index (χ4n) is 2.99. The number of rotatable bonds is 10. The minimum atomic E-state index is -4.80.